The van der Waals surface area contributed by atoms with Gasteiger partial charge in [-0.1, -0.05) is 194 Å². The van der Waals surface area contributed by atoms with Crippen molar-refractivity contribution in [2.24, 2.45) is 0 Å². The van der Waals surface area contributed by atoms with Crippen molar-refractivity contribution in [2.75, 3.05) is 52.5 Å². The molecule has 4 amide bonds. The minimum atomic E-state index is -1.44. The van der Waals surface area contributed by atoms with Gasteiger partial charge in [-0.15, -0.1) is 0 Å². The minimum Gasteiger partial charge on any atom is -0.481 e. The minimum absolute atomic E-state index is 0.0417. The fraction of sp³-hybridized carbons (Fsp3) is 0.862. The monoisotopic (exact) mass is 1210 g/mol. The summed E-state index contributed by atoms with van der Waals surface area (Å²) < 4.78 is 16.6. The summed E-state index contributed by atoms with van der Waals surface area (Å²) in [7, 11) is 0. The average molecular weight is 1210 g/mol. The number of unbranched alkanes of at least 4 members (excludes halogenated alkanes) is 29. The molecule has 0 aliphatic rings. The van der Waals surface area contributed by atoms with Crippen LogP contribution in [-0.2, 0) is 57.4 Å². The summed E-state index contributed by atoms with van der Waals surface area (Å²) in [6, 6.07) is -2.73. The number of hydrogen-bond acceptors (Lipinski definition) is 13. The molecule has 0 spiro atoms. The first kappa shape index (κ1) is 80.2. The third kappa shape index (κ3) is 56.7. The standard InChI is InChI=1S/C65H120N6O14/c1-4-6-8-10-12-14-16-18-20-22-24-26-28-30-32-38-61(78)83-52-55(85-63(80)39-33-31-29-27-25-23-21-19-17-15-13-11-9-7-5-2)53-84-62(79)45-42-58(73)70-57(41-44-60(76)77)65(82)71-56(40-43-59(74)75)64(81)69-51-37-49-67-47-35-34-46-66-48-36-50-68-54(3)72/h55-57,66-67H,4-53H2,1-3H3,(H,68,72)(H,69,81)(H,70,73)(H,71,82)(H,74,75)(H,76,77)/p+1. The molecule has 0 saturated carbocycles. The van der Waals surface area contributed by atoms with Crippen molar-refractivity contribution in [1.29, 1.82) is 0 Å². The normalized spacial score (nSPS) is 12.2. The van der Waals surface area contributed by atoms with Gasteiger partial charge in [0.05, 0.1) is 19.5 Å². The first-order valence-corrected chi connectivity index (χ1v) is 33.8. The molecule has 9 N–H and O–H groups in total. The van der Waals surface area contributed by atoms with Gasteiger partial charge in [-0.05, 0) is 58.0 Å². The number of ether oxygens (including phenoxy) is 3. The van der Waals surface area contributed by atoms with Crippen LogP contribution in [0.1, 0.15) is 290 Å². The maximum atomic E-state index is 13.5. The molecule has 0 saturated heterocycles. The van der Waals surface area contributed by atoms with E-state index >= 15 is 0 Å². The highest BCUT2D eigenvalue weighted by atomic mass is 16.6. The Bertz CT molecular complexity index is 1740. The van der Waals surface area contributed by atoms with Gasteiger partial charge in [0.2, 0.25) is 23.6 Å². The maximum Gasteiger partial charge on any atom is 0.306 e. The molecule has 0 heterocycles. The quantitative estimate of drug-likeness (QED) is 0.0160. The van der Waals surface area contributed by atoms with Crippen LogP contribution in [0.4, 0.5) is 0 Å². The van der Waals surface area contributed by atoms with E-state index in [1.807, 2.05) is 0 Å². The number of carbonyl (C=O) groups is 9. The van der Waals surface area contributed by atoms with Gasteiger partial charge < -0.3 is 56.3 Å². The van der Waals surface area contributed by atoms with Crippen LogP contribution in [0.2, 0.25) is 0 Å². The van der Waals surface area contributed by atoms with Crippen LogP contribution >= 0.6 is 0 Å². The Hall–Kier alpha value is -4.85. The summed E-state index contributed by atoms with van der Waals surface area (Å²) in [4.78, 5) is 113. The van der Waals surface area contributed by atoms with Gasteiger partial charge in [0.25, 0.3) is 0 Å². The Balaban J connectivity index is 5.18. The number of carbonyl (C=O) groups excluding carboxylic acids is 7. The van der Waals surface area contributed by atoms with E-state index in [0.717, 1.165) is 84.0 Å². The summed E-state index contributed by atoms with van der Waals surface area (Å²) in [6.07, 6.45) is 36.0. The third-order valence-corrected chi connectivity index (χ3v) is 15.1. The zero-order valence-electron chi connectivity index (χ0n) is 53.5. The molecule has 85 heavy (non-hydrogen) atoms. The average Bonchev–Trinajstić information content (AvgIpc) is 3.51. The Labute approximate surface area is 512 Å². The van der Waals surface area contributed by atoms with Gasteiger partial charge in [0.15, 0.2) is 6.10 Å². The van der Waals surface area contributed by atoms with Crippen LogP contribution in [-0.4, -0.2) is 134 Å². The van der Waals surface area contributed by atoms with Crippen molar-refractivity contribution >= 4 is 53.5 Å². The second-order valence-electron chi connectivity index (χ2n) is 23.2. The number of amides is 4. The van der Waals surface area contributed by atoms with Crippen LogP contribution in [0.15, 0.2) is 0 Å². The molecule has 494 valence electrons. The zero-order valence-corrected chi connectivity index (χ0v) is 53.5. The van der Waals surface area contributed by atoms with E-state index in [9.17, 15) is 53.4 Å². The van der Waals surface area contributed by atoms with Crippen molar-refractivity contribution in [3.8, 4) is 0 Å². The highest BCUT2D eigenvalue weighted by Crippen LogP contribution is 2.17. The van der Waals surface area contributed by atoms with Crippen LogP contribution in [0.3, 0.4) is 0 Å². The molecule has 0 aromatic heterocycles. The lowest BCUT2D eigenvalue weighted by Crippen LogP contribution is -2.84. The van der Waals surface area contributed by atoms with Crippen molar-refractivity contribution in [3.63, 3.8) is 0 Å². The molecule has 3 atom stereocenters. The van der Waals surface area contributed by atoms with Gasteiger partial charge in [0, 0.05) is 58.5 Å². The molecule has 0 radical (unpaired) electrons. The molecule has 3 unspecified atom stereocenters. The molecule has 0 aliphatic carbocycles. The van der Waals surface area contributed by atoms with Gasteiger partial charge >= 0.3 is 29.8 Å². The van der Waals surface area contributed by atoms with Crippen LogP contribution in [0, 0.1) is 0 Å². The van der Waals surface area contributed by atoms with E-state index in [-0.39, 0.29) is 44.7 Å². The Morgan fingerprint density at radius 2 is 0.788 bits per heavy atom. The lowest BCUT2D eigenvalue weighted by molar-refractivity contribution is -0.655. The largest absolute Gasteiger partial charge is 0.481 e. The van der Waals surface area contributed by atoms with Crippen molar-refractivity contribution in [2.45, 2.75) is 309 Å². The number of aliphatic carboxylic acids is 2. The number of esters is 3. The summed E-state index contributed by atoms with van der Waals surface area (Å²) in [5.74, 6) is -6.60. The van der Waals surface area contributed by atoms with Crippen LogP contribution in [0.25, 0.3) is 0 Å². The Kier molecular flexibility index (Phi) is 56.1. The van der Waals surface area contributed by atoms with Crippen LogP contribution < -0.4 is 31.9 Å². The molecule has 0 rings (SSSR count). The van der Waals surface area contributed by atoms with E-state index in [1.165, 1.54) is 148 Å². The summed E-state index contributed by atoms with van der Waals surface area (Å²) >= 11 is 0. The van der Waals surface area contributed by atoms with E-state index < -0.39 is 98.0 Å². The molecular formula is C65H121N6O14+. The molecule has 0 bridgehead atoms. The SMILES string of the molecule is CCCCCCCCCCCCCCCCCC(=O)OCC(COC(=O)CCC(=O)NC(CCC(=O)O)C(=O)NC(CCC(=O)O)C(=O)NCCC[NH2+]CCCCNCCCNC(C)=O)OC(=O)CCCCCCCCCCCCCCCCC. The van der Waals surface area contributed by atoms with Gasteiger partial charge in [-0.25, -0.2) is 0 Å². The topological polar surface area (TPSA) is 299 Å². The second-order valence-corrected chi connectivity index (χ2v) is 23.2. The Morgan fingerprint density at radius 3 is 1.25 bits per heavy atom. The number of nitrogens with two attached hydrogens (primary N) is 1. The van der Waals surface area contributed by atoms with Crippen molar-refractivity contribution < 1.29 is 72.9 Å². The number of carboxylic acid groups (broad SMARTS) is 2. The molecule has 0 aromatic carbocycles. The molecule has 0 aliphatic heterocycles. The van der Waals surface area contributed by atoms with Gasteiger partial charge in [0.1, 0.15) is 25.3 Å². The first-order chi connectivity index (χ1) is 41.2. The molecule has 20 heteroatoms. The fourth-order valence-electron chi connectivity index (χ4n) is 9.85. The zero-order chi connectivity index (χ0) is 62.6. The van der Waals surface area contributed by atoms with E-state index in [2.05, 4.69) is 45.7 Å². The lowest BCUT2D eigenvalue weighted by Gasteiger charge is -2.23. The summed E-state index contributed by atoms with van der Waals surface area (Å²) in [5, 5.41) is 34.7. The number of quaternary nitrogens is 1. The number of rotatable bonds is 63. The van der Waals surface area contributed by atoms with E-state index in [1.54, 1.807) is 0 Å². The first-order valence-electron chi connectivity index (χ1n) is 33.8. The predicted octanol–water partition coefficient (Wildman–Crippen LogP) is 9.95. The summed E-state index contributed by atoms with van der Waals surface area (Å²) in [6.45, 7) is 9.42. The smallest absolute Gasteiger partial charge is 0.306 e. The summed E-state index contributed by atoms with van der Waals surface area (Å²) in [5.41, 5.74) is 0. The second kappa shape index (κ2) is 59.5. The van der Waals surface area contributed by atoms with Crippen molar-refractivity contribution in [1.82, 2.24) is 26.6 Å². The lowest BCUT2D eigenvalue weighted by atomic mass is 10.0. The van der Waals surface area contributed by atoms with Crippen molar-refractivity contribution in [3.05, 3.63) is 0 Å². The highest BCUT2D eigenvalue weighted by molar-refractivity contribution is 5.93. The molecular weight excluding hydrogens is 1090 g/mol. The number of carboxylic acids is 2. The third-order valence-electron chi connectivity index (χ3n) is 15.1. The molecule has 20 nitrogen and oxygen atoms in total. The van der Waals surface area contributed by atoms with E-state index in [4.69, 9.17) is 14.2 Å². The fourth-order valence-corrected chi connectivity index (χ4v) is 9.85. The molecule has 0 aromatic rings. The van der Waals surface area contributed by atoms with Gasteiger partial charge in [-0.2, -0.15) is 0 Å². The highest BCUT2D eigenvalue weighted by Gasteiger charge is 2.28. The molecule has 0 fully saturated rings. The number of nitrogens with one attached hydrogen (secondary N) is 5. The Morgan fingerprint density at radius 1 is 0.388 bits per heavy atom. The van der Waals surface area contributed by atoms with E-state index in [0.29, 0.717) is 25.8 Å². The van der Waals surface area contributed by atoms with Gasteiger partial charge in [-0.3, -0.25) is 43.2 Å². The van der Waals surface area contributed by atoms with Crippen LogP contribution in [0.5, 0.6) is 0 Å². The maximum absolute atomic E-state index is 13.5. The number of hydrogen-bond donors (Lipinski definition) is 8. The predicted molar refractivity (Wildman–Crippen MR) is 332 cm³/mol.